The van der Waals surface area contributed by atoms with Gasteiger partial charge >= 0.3 is 0 Å². The highest BCUT2D eigenvalue weighted by molar-refractivity contribution is 6.29. The summed E-state index contributed by atoms with van der Waals surface area (Å²) in [6.07, 6.45) is 8.24. The monoisotopic (exact) mass is 359 g/mol. The lowest BCUT2D eigenvalue weighted by Crippen LogP contribution is -2.39. The first-order valence-corrected chi connectivity index (χ1v) is 9.43. The summed E-state index contributed by atoms with van der Waals surface area (Å²) in [6.45, 7) is 2.47. The van der Waals surface area contributed by atoms with E-state index in [1.807, 2.05) is 4.90 Å². The quantitative estimate of drug-likeness (QED) is 0.773. The van der Waals surface area contributed by atoms with Crippen LogP contribution in [0.15, 0.2) is 18.3 Å². The van der Waals surface area contributed by atoms with Gasteiger partial charge in [-0.05, 0) is 37.8 Å². The van der Waals surface area contributed by atoms with Gasteiger partial charge in [-0.15, -0.1) is 10.2 Å². The van der Waals surface area contributed by atoms with Gasteiger partial charge in [0.15, 0.2) is 0 Å². The predicted octanol–water partition coefficient (Wildman–Crippen LogP) is 3.07. The second kappa shape index (κ2) is 7.12. The fraction of sp³-hybridized carbons (Fsp3) is 0.556. The molecule has 25 heavy (non-hydrogen) atoms. The number of fused-ring (bicyclic) bond motifs is 1. The van der Waals surface area contributed by atoms with Crippen molar-refractivity contribution >= 4 is 17.5 Å². The zero-order valence-electron chi connectivity index (χ0n) is 14.2. The number of amides is 1. The fourth-order valence-electron chi connectivity index (χ4n) is 3.87. The summed E-state index contributed by atoms with van der Waals surface area (Å²) < 4.78 is 2.30. The Hall–Kier alpha value is -1.95. The van der Waals surface area contributed by atoms with Gasteiger partial charge in [-0.2, -0.15) is 0 Å². The van der Waals surface area contributed by atoms with Crippen molar-refractivity contribution in [2.75, 3.05) is 13.1 Å². The van der Waals surface area contributed by atoms with E-state index in [0.717, 1.165) is 44.0 Å². The largest absolute Gasteiger partial charge is 0.338 e. The van der Waals surface area contributed by atoms with E-state index in [2.05, 4.69) is 19.7 Å². The summed E-state index contributed by atoms with van der Waals surface area (Å²) in [7, 11) is 0. The fourth-order valence-corrected chi connectivity index (χ4v) is 3.98. The maximum absolute atomic E-state index is 12.8. The molecule has 132 valence electrons. The number of aryl methyl sites for hydroxylation is 1. The summed E-state index contributed by atoms with van der Waals surface area (Å²) in [4.78, 5) is 18.7. The molecular formula is C18H22ClN5O. The average Bonchev–Trinajstić information content (AvgIpc) is 2.90. The van der Waals surface area contributed by atoms with Crippen molar-refractivity contribution in [1.29, 1.82) is 0 Å². The Morgan fingerprint density at radius 3 is 2.88 bits per heavy atom. The molecule has 1 saturated heterocycles. The number of rotatable bonds is 2. The van der Waals surface area contributed by atoms with Crippen molar-refractivity contribution < 1.29 is 4.79 Å². The molecule has 2 aliphatic heterocycles. The highest BCUT2D eigenvalue weighted by atomic mass is 35.5. The number of aromatic nitrogens is 4. The highest BCUT2D eigenvalue weighted by Gasteiger charge is 2.30. The van der Waals surface area contributed by atoms with E-state index >= 15 is 0 Å². The van der Waals surface area contributed by atoms with E-state index in [0.29, 0.717) is 17.3 Å². The third-order valence-corrected chi connectivity index (χ3v) is 5.41. The molecule has 2 aliphatic rings. The van der Waals surface area contributed by atoms with Crippen LogP contribution in [0, 0.1) is 0 Å². The van der Waals surface area contributed by atoms with E-state index in [1.54, 1.807) is 18.3 Å². The van der Waals surface area contributed by atoms with Crippen LogP contribution in [-0.4, -0.2) is 43.6 Å². The molecule has 0 spiro atoms. The Morgan fingerprint density at radius 1 is 1.12 bits per heavy atom. The number of carbonyl (C=O) groups is 1. The van der Waals surface area contributed by atoms with Crippen molar-refractivity contribution in [2.24, 2.45) is 0 Å². The van der Waals surface area contributed by atoms with Gasteiger partial charge in [-0.3, -0.25) is 4.79 Å². The first kappa shape index (κ1) is 16.5. The lowest BCUT2D eigenvalue weighted by atomic mass is 9.96. The molecule has 7 heteroatoms. The van der Waals surface area contributed by atoms with Crippen LogP contribution in [0.4, 0.5) is 0 Å². The molecule has 0 N–H and O–H groups in total. The maximum Gasteiger partial charge on any atom is 0.255 e. The smallest absolute Gasteiger partial charge is 0.255 e. The van der Waals surface area contributed by atoms with Crippen LogP contribution < -0.4 is 0 Å². The molecule has 1 fully saturated rings. The molecule has 1 amide bonds. The number of pyridine rings is 1. The minimum Gasteiger partial charge on any atom is -0.338 e. The van der Waals surface area contributed by atoms with Gasteiger partial charge in [0.1, 0.15) is 16.8 Å². The Labute approximate surface area is 152 Å². The Bertz CT molecular complexity index is 757. The van der Waals surface area contributed by atoms with Crippen LogP contribution in [0.2, 0.25) is 5.15 Å². The zero-order chi connectivity index (χ0) is 17.2. The number of halogens is 1. The molecule has 4 rings (SSSR count). The van der Waals surface area contributed by atoms with Gasteiger partial charge in [-0.1, -0.05) is 18.0 Å². The van der Waals surface area contributed by atoms with Crippen LogP contribution in [0.25, 0.3) is 0 Å². The molecule has 0 saturated carbocycles. The van der Waals surface area contributed by atoms with Crippen LogP contribution >= 0.6 is 11.6 Å². The summed E-state index contributed by atoms with van der Waals surface area (Å²) in [5, 5.41) is 9.30. The lowest BCUT2D eigenvalue weighted by molar-refractivity contribution is 0.0702. The third-order valence-electron chi connectivity index (χ3n) is 5.19. The van der Waals surface area contributed by atoms with Crippen LogP contribution in [0.3, 0.4) is 0 Å². The minimum atomic E-state index is 0.0180. The zero-order valence-corrected chi connectivity index (χ0v) is 15.0. The summed E-state index contributed by atoms with van der Waals surface area (Å²) >= 11 is 5.82. The SMILES string of the molecule is O=C(c1ccc(Cl)nc1)N1CCCC(c2nnc3n2CCCCC3)C1. The molecule has 0 bridgehead atoms. The topological polar surface area (TPSA) is 63.9 Å². The van der Waals surface area contributed by atoms with Crippen molar-refractivity contribution in [2.45, 2.75) is 51.0 Å². The number of hydrogen-bond donors (Lipinski definition) is 0. The third kappa shape index (κ3) is 3.40. The average molecular weight is 360 g/mol. The van der Waals surface area contributed by atoms with Gasteiger partial charge < -0.3 is 9.47 Å². The number of piperidine rings is 1. The predicted molar refractivity (Wildman–Crippen MR) is 94.7 cm³/mol. The lowest BCUT2D eigenvalue weighted by Gasteiger charge is -2.32. The summed E-state index contributed by atoms with van der Waals surface area (Å²) in [5.74, 6) is 2.45. The van der Waals surface area contributed by atoms with Crippen LogP contribution in [0.1, 0.15) is 60.0 Å². The molecule has 2 aromatic heterocycles. The van der Waals surface area contributed by atoms with Crippen molar-refractivity contribution in [3.63, 3.8) is 0 Å². The van der Waals surface area contributed by atoms with Gasteiger partial charge in [0.2, 0.25) is 0 Å². The Morgan fingerprint density at radius 2 is 2.04 bits per heavy atom. The molecule has 2 aromatic rings. The van der Waals surface area contributed by atoms with E-state index in [4.69, 9.17) is 11.6 Å². The van der Waals surface area contributed by atoms with E-state index in [-0.39, 0.29) is 11.8 Å². The Kier molecular flexibility index (Phi) is 4.70. The highest BCUT2D eigenvalue weighted by Crippen LogP contribution is 2.28. The first-order chi connectivity index (χ1) is 12.2. The second-order valence-electron chi connectivity index (χ2n) is 6.90. The van der Waals surface area contributed by atoms with Gasteiger partial charge in [0.05, 0.1) is 5.56 Å². The molecule has 0 aliphatic carbocycles. The van der Waals surface area contributed by atoms with Gasteiger partial charge in [0, 0.05) is 38.2 Å². The van der Waals surface area contributed by atoms with Crippen molar-refractivity contribution in [1.82, 2.24) is 24.6 Å². The molecule has 1 unspecified atom stereocenters. The number of carbonyl (C=O) groups excluding carboxylic acids is 1. The molecule has 0 aromatic carbocycles. The van der Waals surface area contributed by atoms with E-state index in [1.165, 1.54) is 19.3 Å². The summed E-state index contributed by atoms with van der Waals surface area (Å²) in [5.41, 5.74) is 0.588. The molecule has 4 heterocycles. The number of hydrogen-bond acceptors (Lipinski definition) is 4. The standard InChI is InChI=1S/C18H22ClN5O/c19-15-8-7-13(11-20-15)18(25)23-9-4-5-14(12-23)17-22-21-16-6-2-1-3-10-24(16)17/h7-8,11,14H,1-6,9-10,12H2. The van der Waals surface area contributed by atoms with Crippen molar-refractivity contribution in [3.8, 4) is 0 Å². The second-order valence-corrected chi connectivity index (χ2v) is 7.28. The molecule has 0 radical (unpaired) electrons. The normalized spacial score (nSPS) is 20.8. The van der Waals surface area contributed by atoms with E-state index < -0.39 is 0 Å². The van der Waals surface area contributed by atoms with Gasteiger partial charge in [0.25, 0.3) is 5.91 Å². The first-order valence-electron chi connectivity index (χ1n) is 9.05. The van der Waals surface area contributed by atoms with Crippen LogP contribution in [0.5, 0.6) is 0 Å². The minimum absolute atomic E-state index is 0.0180. The maximum atomic E-state index is 12.8. The molecular weight excluding hydrogens is 338 g/mol. The number of nitrogens with zero attached hydrogens (tertiary/aromatic N) is 5. The van der Waals surface area contributed by atoms with E-state index in [9.17, 15) is 4.79 Å². The molecule has 1 atom stereocenters. The Balaban J connectivity index is 1.52. The number of likely N-dealkylation sites (tertiary alicyclic amines) is 1. The van der Waals surface area contributed by atoms with Crippen molar-refractivity contribution in [3.05, 3.63) is 40.7 Å². The molecule has 6 nitrogen and oxygen atoms in total. The summed E-state index contributed by atoms with van der Waals surface area (Å²) in [6, 6.07) is 3.40. The van der Waals surface area contributed by atoms with Gasteiger partial charge in [-0.25, -0.2) is 4.98 Å². The van der Waals surface area contributed by atoms with Crippen LogP contribution in [-0.2, 0) is 13.0 Å².